The largest absolute Gasteiger partial charge is 0.0654 e. The molecule has 0 atom stereocenters. The Balaban J connectivity index is 1.91. The van der Waals surface area contributed by atoms with Gasteiger partial charge >= 0.3 is 0 Å². The zero-order valence-corrected chi connectivity index (χ0v) is 17.4. The number of unbranched alkanes of at least 4 members (excludes halogenated alkanes) is 10. The molecule has 0 spiro atoms. The van der Waals surface area contributed by atoms with E-state index in [-0.39, 0.29) is 0 Å². The molecule has 144 valence electrons. The van der Waals surface area contributed by atoms with E-state index in [1.807, 2.05) is 0 Å². The third-order valence-corrected chi connectivity index (χ3v) is 5.67. The van der Waals surface area contributed by atoms with Crippen molar-refractivity contribution >= 4 is 10.8 Å². The lowest BCUT2D eigenvalue weighted by atomic mass is 9.93. The number of aryl methyl sites for hydroxylation is 2. The molecule has 0 fully saturated rings. The molecule has 0 N–H and O–H groups in total. The summed E-state index contributed by atoms with van der Waals surface area (Å²) in [5, 5.41) is 2.83. The van der Waals surface area contributed by atoms with Crippen LogP contribution >= 0.6 is 0 Å². The molecule has 0 aliphatic heterocycles. The first-order valence-corrected chi connectivity index (χ1v) is 11.4. The molecule has 0 unspecified atom stereocenters. The number of hydrogen-bond donors (Lipinski definition) is 0. The Bertz CT molecular complexity index is 556. The van der Waals surface area contributed by atoms with E-state index in [9.17, 15) is 0 Å². The second-order valence-electron chi connectivity index (χ2n) is 8.00. The highest BCUT2D eigenvalue weighted by molar-refractivity contribution is 5.84. The SMILES string of the molecule is CCCCCCCCc1cc2ccccc2cc1CCCCCCCC. The Hall–Kier alpha value is -1.30. The number of hydrogen-bond acceptors (Lipinski definition) is 0. The molecule has 0 saturated heterocycles. The monoisotopic (exact) mass is 352 g/mol. The first-order chi connectivity index (χ1) is 12.8. The van der Waals surface area contributed by atoms with Gasteiger partial charge in [0.2, 0.25) is 0 Å². The van der Waals surface area contributed by atoms with Gasteiger partial charge in [-0.3, -0.25) is 0 Å². The minimum atomic E-state index is 1.27. The fourth-order valence-electron chi connectivity index (χ4n) is 3.99. The van der Waals surface area contributed by atoms with Crippen molar-refractivity contribution in [1.29, 1.82) is 0 Å². The van der Waals surface area contributed by atoms with Gasteiger partial charge in [0.15, 0.2) is 0 Å². The van der Waals surface area contributed by atoms with E-state index in [0.29, 0.717) is 0 Å². The van der Waals surface area contributed by atoms with Gasteiger partial charge in [-0.1, -0.05) is 114 Å². The van der Waals surface area contributed by atoms with Crippen LogP contribution in [-0.2, 0) is 12.8 Å². The molecular weight excluding hydrogens is 312 g/mol. The van der Waals surface area contributed by atoms with Crippen molar-refractivity contribution < 1.29 is 0 Å². The molecule has 0 aromatic heterocycles. The van der Waals surface area contributed by atoms with Crippen molar-refractivity contribution in [3.8, 4) is 0 Å². The summed E-state index contributed by atoms with van der Waals surface area (Å²) in [5.74, 6) is 0. The highest BCUT2D eigenvalue weighted by Crippen LogP contribution is 2.24. The first kappa shape index (κ1) is 21.0. The summed E-state index contributed by atoms with van der Waals surface area (Å²) in [5.41, 5.74) is 3.24. The van der Waals surface area contributed by atoms with E-state index in [1.54, 1.807) is 11.1 Å². The summed E-state index contributed by atoms with van der Waals surface area (Å²) in [6, 6.07) is 13.8. The van der Waals surface area contributed by atoms with Crippen LogP contribution in [-0.4, -0.2) is 0 Å². The minimum Gasteiger partial charge on any atom is -0.0654 e. The second-order valence-corrected chi connectivity index (χ2v) is 8.00. The zero-order chi connectivity index (χ0) is 18.5. The molecule has 0 aliphatic carbocycles. The van der Waals surface area contributed by atoms with Gasteiger partial charge in [-0.25, -0.2) is 0 Å². The summed E-state index contributed by atoms with van der Waals surface area (Å²) >= 11 is 0. The van der Waals surface area contributed by atoms with E-state index < -0.39 is 0 Å². The van der Waals surface area contributed by atoms with Crippen molar-refractivity contribution in [3.05, 3.63) is 47.5 Å². The van der Waals surface area contributed by atoms with Crippen molar-refractivity contribution in [2.24, 2.45) is 0 Å². The molecule has 0 heterocycles. The Labute approximate surface area is 162 Å². The molecule has 0 radical (unpaired) electrons. The van der Waals surface area contributed by atoms with Crippen LogP contribution in [0.4, 0.5) is 0 Å². The zero-order valence-electron chi connectivity index (χ0n) is 17.4. The molecule has 0 aliphatic rings. The molecule has 0 bridgehead atoms. The summed E-state index contributed by atoms with van der Waals surface area (Å²) in [6.45, 7) is 4.59. The standard InChI is InChI=1S/C26H40/c1-3-5-7-9-11-13-17-23-21-25-19-15-16-20-26(25)22-24(23)18-14-12-10-8-6-4-2/h15-16,19-22H,3-14,17-18H2,1-2H3. The highest BCUT2D eigenvalue weighted by atomic mass is 14.1. The summed E-state index contributed by atoms with van der Waals surface area (Å²) in [7, 11) is 0. The molecule has 2 aromatic rings. The lowest BCUT2D eigenvalue weighted by Crippen LogP contribution is -1.96. The van der Waals surface area contributed by atoms with Crippen molar-refractivity contribution in [1.82, 2.24) is 0 Å². The van der Waals surface area contributed by atoms with Crippen molar-refractivity contribution in [3.63, 3.8) is 0 Å². The molecule has 2 rings (SSSR count). The molecule has 0 amide bonds. The van der Waals surface area contributed by atoms with Crippen LogP contribution < -0.4 is 0 Å². The number of fused-ring (bicyclic) bond motifs is 1. The van der Waals surface area contributed by atoms with Crippen LogP contribution in [0.1, 0.15) is 102 Å². The Morgan fingerprint density at radius 1 is 0.500 bits per heavy atom. The molecule has 0 nitrogen and oxygen atoms in total. The quantitative estimate of drug-likeness (QED) is 0.298. The average Bonchev–Trinajstić information content (AvgIpc) is 2.67. The maximum atomic E-state index is 2.48. The summed E-state index contributed by atoms with van der Waals surface area (Å²) in [4.78, 5) is 0. The van der Waals surface area contributed by atoms with Crippen LogP contribution in [0, 0.1) is 0 Å². The van der Waals surface area contributed by atoms with Crippen molar-refractivity contribution in [2.75, 3.05) is 0 Å². The van der Waals surface area contributed by atoms with E-state index in [2.05, 4.69) is 50.2 Å². The molecular formula is C26H40. The molecule has 0 saturated carbocycles. The molecule has 2 aromatic carbocycles. The van der Waals surface area contributed by atoms with Gasteiger partial charge in [-0.2, -0.15) is 0 Å². The third kappa shape index (κ3) is 7.52. The van der Waals surface area contributed by atoms with E-state index in [4.69, 9.17) is 0 Å². The van der Waals surface area contributed by atoms with Gasteiger partial charge in [0.25, 0.3) is 0 Å². The third-order valence-electron chi connectivity index (χ3n) is 5.67. The summed E-state index contributed by atoms with van der Waals surface area (Å²) < 4.78 is 0. The normalized spacial score (nSPS) is 11.3. The van der Waals surface area contributed by atoms with E-state index >= 15 is 0 Å². The fraction of sp³-hybridized carbons (Fsp3) is 0.615. The molecule has 26 heavy (non-hydrogen) atoms. The minimum absolute atomic E-state index is 1.27. The topological polar surface area (TPSA) is 0 Å². The van der Waals surface area contributed by atoms with Gasteiger partial charge in [0.1, 0.15) is 0 Å². The van der Waals surface area contributed by atoms with E-state index in [0.717, 1.165) is 0 Å². The van der Waals surface area contributed by atoms with Gasteiger partial charge in [-0.15, -0.1) is 0 Å². The summed E-state index contributed by atoms with van der Waals surface area (Å²) in [6.07, 6.45) is 19.2. The predicted molar refractivity (Wildman–Crippen MR) is 118 cm³/mol. The Kier molecular flexibility index (Phi) is 10.5. The predicted octanol–water partition coefficient (Wildman–Crippen LogP) is 8.65. The smallest absolute Gasteiger partial charge is 0.0181 e. The lowest BCUT2D eigenvalue weighted by Gasteiger charge is -2.12. The Morgan fingerprint density at radius 2 is 0.885 bits per heavy atom. The highest BCUT2D eigenvalue weighted by Gasteiger charge is 2.06. The van der Waals surface area contributed by atoms with Crippen LogP contribution in [0.3, 0.4) is 0 Å². The van der Waals surface area contributed by atoms with Gasteiger partial charge in [-0.05, 0) is 47.6 Å². The lowest BCUT2D eigenvalue weighted by molar-refractivity contribution is 0.599. The van der Waals surface area contributed by atoms with Gasteiger partial charge in [0.05, 0.1) is 0 Å². The maximum Gasteiger partial charge on any atom is -0.0181 e. The van der Waals surface area contributed by atoms with Gasteiger partial charge in [0, 0.05) is 0 Å². The van der Waals surface area contributed by atoms with Crippen LogP contribution in [0.5, 0.6) is 0 Å². The van der Waals surface area contributed by atoms with Crippen LogP contribution in [0.25, 0.3) is 10.8 Å². The fourth-order valence-corrected chi connectivity index (χ4v) is 3.99. The van der Waals surface area contributed by atoms with Gasteiger partial charge < -0.3 is 0 Å². The van der Waals surface area contributed by atoms with Crippen LogP contribution in [0.2, 0.25) is 0 Å². The van der Waals surface area contributed by atoms with E-state index in [1.165, 1.54) is 101 Å². The van der Waals surface area contributed by atoms with Crippen LogP contribution in [0.15, 0.2) is 36.4 Å². The number of rotatable bonds is 14. The Morgan fingerprint density at radius 3 is 1.31 bits per heavy atom. The molecule has 0 heteroatoms. The first-order valence-electron chi connectivity index (χ1n) is 11.4. The van der Waals surface area contributed by atoms with Crippen molar-refractivity contribution in [2.45, 2.75) is 104 Å². The number of benzene rings is 2. The maximum absolute atomic E-state index is 2.48. The second kappa shape index (κ2) is 13.0. The average molecular weight is 353 g/mol.